The lowest BCUT2D eigenvalue weighted by molar-refractivity contribution is 0.134. The molecule has 0 radical (unpaired) electrons. The molecule has 4 rings (SSSR count). The van der Waals surface area contributed by atoms with Crippen molar-refractivity contribution in [3.05, 3.63) is 82.0 Å². The number of nitrogens with one attached hydrogen (secondary N) is 2. The number of carbonyl (C=O) groups excluding carboxylic acids is 1. The van der Waals surface area contributed by atoms with Gasteiger partial charge in [-0.05, 0) is 62.4 Å². The topological polar surface area (TPSA) is 145 Å². The number of urea groups is 1. The van der Waals surface area contributed by atoms with E-state index in [1.54, 1.807) is 6.92 Å². The maximum atomic E-state index is 13.5. The van der Waals surface area contributed by atoms with Gasteiger partial charge in [-0.3, -0.25) is 10.0 Å². The number of primary amides is 1. The summed E-state index contributed by atoms with van der Waals surface area (Å²) in [5.41, 5.74) is 11.6. The fraction of sp³-hybridized carbons (Fsp3) is 0.333. The molecule has 2 aromatic heterocycles. The van der Waals surface area contributed by atoms with Crippen molar-refractivity contribution in [2.24, 2.45) is 5.73 Å². The van der Waals surface area contributed by atoms with Gasteiger partial charge in [-0.25, -0.2) is 19.0 Å². The summed E-state index contributed by atoms with van der Waals surface area (Å²) in [4.78, 5) is 21.5. The zero-order valence-electron chi connectivity index (χ0n) is 24.0. The van der Waals surface area contributed by atoms with E-state index < -0.39 is 17.0 Å². The summed E-state index contributed by atoms with van der Waals surface area (Å²) in [6.07, 6.45) is 2.13. The molecule has 0 spiro atoms. The third kappa shape index (κ3) is 7.17. The number of carbonyl (C=O) groups is 1. The van der Waals surface area contributed by atoms with Crippen molar-refractivity contribution in [1.82, 2.24) is 15.1 Å². The molecule has 11 heteroatoms. The van der Waals surface area contributed by atoms with Gasteiger partial charge in [0.25, 0.3) is 0 Å². The lowest BCUT2D eigenvalue weighted by atomic mass is 9.94. The number of anilines is 2. The van der Waals surface area contributed by atoms with E-state index in [9.17, 15) is 9.00 Å². The van der Waals surface area contributed by atoms with E-state index in [0.29, 0.717) is 47.8 Å². The van der Waals surface area contributed by atoms with Gasteiger partial charge in [0.1, 0.15) is 17.4 Å². The van der Waals surface area contributed by atoms with Gasteiger partial charge in [-0.15, -0.1) is 0 Å². The number of aryl methyl sites for hydroxylation is 3. The number of nitrogens with zero attached hydrogens (tertiary/aromatic N) is 3. The van der Waals surface area contributed by atoms with Crippen LogP contribution in [0.5, 0.6) is 0 Å². The SMILES string of the molecule is CCCc1nc(C)nc(NC(N)=O)c1Cc1ccc(-c2ccccc2S(=O)Nc2noc(C)c2C)c(COCC)c1. The highest BCUT2D eigenvalue weighted by Gasteiger charge is 2.19. The Morgan fingerprint density at radius 2 is 1.83 bits per heavy atom. The van der Waals surface area contributed by atoms with E-state index in [0.717, 1.165) is 51.9 Å². The average molecular weight is 577 g/mol. The highest BCUT2D eigenvalue weighted by atomic mass is 32.2. The van der Waals surface area contributed by atoms with Gasteiger partial charge in [-0.2, -0.15) is 0 Å². The van der Waals surface area contributed by atoms with Crippen LogP contribution in [0.15, 0.2) is 51.9 Å². The van der Waals surface area contributed by atoms with Gasteiger partial charge in [0.05, 0.1) is 11.5 Å². The molecule has 0 aliphatic heterocycles. The van der Waals surface area contributed by atoms with E-state index in [2.05, 4.69) is 38.2 Å². The Hall–Kier alpha value is -4.09. The first-order valence-electron chi connectivity index (χ1n) is 13.5. The Labute approximate surface area is 242 Å². The van der Waals surface area contributed by atoms with E-state index in [-0.39, 0.29) is 0 Å². The first kappa shape index (κ1) is 29.9. The Morgan fingerprint density at radius 3 is 2.51 bits per heavy atom. The second kappa shape index (κ2) is 13.5. The molecule has 2 aromatic carbocycles. The van der Waals surface area contributed by atoms with Crippen LogP contribution in [-0.2, 0) is 35.2 Å². The summed E-state index contributed by atoms with van der Waals surface area (Å²) in [6, 6.07) is 13.0. The van der Waals surface area contributed by atoms with Gasteiger partial charge >= 0.3 is 6.03 Å². The highest BCUT2D eigenvalue weighted by Crippen LogP contribution is 2.33. The molecule has 1 atom stereocenters. The van der Waals surface area contributed by atoms with Gasteiger partial charge in [0, 0.05) is 29.8 Å². The van der Waals surface area contributed by atoms with Crippen molar-refractivity contribution in [3.8, 4) is 11.1 Å². The van der Waals surface area contributed by atoms with Crippen LogP contribution in [0.2, 0.25) is 0 Å². The van der Waals surface area contributed by atoms with Crippen LogP contribution in [0.1, 0.15) is 59.8 Å². The summed E-state index contributed by atoms with van der Waals surface area (Å²) < 4.78 is 27.5. The normalized spacial score (nSPS) is 11.8. The van der Waals surface area contributed by atoms with E-state index in [1.807, 2.05) is 57.2 Å². The fourth-order valence-corrected chi connectivity index (χ4v) is 5.62. The molecule has 0 saturated carbocycles. The molecule has 2 heterocycles. The first-order valence-corrected chi connectivity index (χ1v) is 14.7. The smallest absolute Gasteiger partial charge is 0.317 e. The molecule has 0 aliphatic carbocycles. The number of rotatable bonds is 12. The third-order valence-electron chi connectivity index (χ3n) is 6.67. The zero-order chi connectivity index (χ0) is 29.5. The molecule has 0 fully saturated rings. The van der Waals surface area contributed by atoms with Crippen LogP contribution >= 0.6 is 0 Å². The largest absolute Gasteiger partial charge is 0.377 e. The monoisotopic (exact) mass is 576 g/mol. The highest BCUT2D eigenvalue weighted by molar-refractivity contribution is 7.86. The zero-order valence-corrected chi connectivity index (χ0v) is 24.9. The first-order chi connectivity index (χ1) is 19.7. The number of amides is 2. The van der Waals surface area contributed by atoms with Gasteiger partial charge in [0.15, 0.2) is 16.8 Å². The van der Waals surface area contributed by atoms with Gasteiger partial charge in [0.2, 0.25) is 0 Å². The van der Waals surface area contributed by atoms with Crippen LogP contribution in [0.25, 0.3) is 11.1 Å². The minimum atomic E-state index is -1.59. The standard InChI is InChI=1S/C30H36N6O4S/c1-6-10-26-25(29(34-30(31)37)33-20(5)32-26)16-21-13-14-23(22(15-21)17-39-7-2)24-11-8-9-12-27(24)41(38)36-28-18(3)19(4)40-35-28/h8-9,11-15H,6-7,10,16-17H2,1-5H3,(H,35,36)(H3,31,32,33,34,37). The summed E-state index contributed by atoms with van der Waals surface area (Å²) in [5.74, 6) is 2.11. The van der Waals surface area contributed by atoms with E-state index >= 15 is 0 Å². The molecule has 0 saturated heterocycles. The number of benzene rings is 2. The lowest BCUT2D eigenvalue weighted by Gasteiger charge is -2.17. The maximum absolute atomic E-state index is 13.5. The maximum Gasteiger partial charge on any atom is 0.317 e. The molecule has 4 aromatic rings. The van der Waals surface area contributed by atoms with Crippen molar-refractivity contribution in [1.29, 1.82) is 0 Å². The van der Waals surface area contributed by atoms with Crippen LogP contribution in [-0.4, -0.2) is 32.0 Å². The molecule has 41 heavy (non-hydrogen) atoms. The van der Waals surface area contributed by atoms with E-state index in [1.165, 1.54) is 0 Å². The molecule has 10 nitrogen and oxygen atoms in total. The lowest BCUT2D eigenvalue weighted by Crippen LogP contribution is -2.22. The van der Waals surface area contributed by atoms with Crippen molar-refractivity contribution >= 4 is 28.7 Å². The summed E-state index contributed by atoms with van der Waals surface area (Å²) >= 11 is 0. The number of ether oxygens (including phenoxy) is 1. The van der Waals surface area contributed by atoms with Crippen LogP contribution in [0, 0.1) is 20.8 Å². The molecular formula is C30H36N6O4S. The van der Waals surface area contributed by atoms with E-state index in [4.69, 9.17) is 15.0 Å². The molecule has 4 N–H and O–H groups in total. The second-order valence-corrected chi connectivity index (χ2v) is 10.9. The number of nitrogens with two attached hydrogens (primary N) is 1. The molecule has 216 valence electrons. The average Bonchev–Trinajstić information content (AvgIpc) is 3.25. The number of hydrogen-bond donors (Lipinski definition) is 3. The summed E-state index contributed by atoms with van der Waals surface area (Å²) in [5, 5.41) is 6.68. The summed E-state index contributed by atoms with van der Waals surface area (Å²) in [7, 11) is -1.59. The number of aromatic nitrogens is 3. The Balaban J connectivity index is 1.74. The number of hydrogen-bond acceptors (Lipinski definition) is 7. The molecule has 1 unspecified atom stereocenters. The second-order valence-electron chi connectivity index (χ2n) is 9.67. The van der Waals surface area contributed by atoms with Gasteiger partial charge < -0.3 is 15.0 Å². The summed E-state index contributed by atoms with van der Waals surface area (Å²) in [6.45, 7) is 10.4. The van der Waals surface area contributed by atoms with Crippen molar-refractivity contribution in [2.45, 2.75) is 65.4 Å². The van der Waals surface area contributed by atoms with Crippen molar-refractivity contribution < 1.29 is 18.3 Å². The quantitative estimate of drug-likeness (QED) is 0.194. The molecular weight excluding hydrogens is 540 g/mol. The molecule has 0 aliphatic rings. The van der Waals surface area contributed by atoms with Crippen molar-refractivity contribution in [3.63, 3.8) is 0 Å². The predicted molar refractivity (Wildman–Crippen MR) is 160 cm³/mol. The minimum Gasteiger partial charge on any atom is -0.377 e. The molecule has 2 amide bonds. The Kier molecular flexibility index (Phi) is 9.85. The minimum absolute atomic E-state index is 0.369. The van der Waals surface area contributed by atoms with Gasteiger partial charge in [-0.1, -0.05) is 54.9 Å². The Morgan fingerprint density at radius 1 is 1.05 bits per heavy atom. The van der Waals surface area contributed by atoms with Crippen LogP contribution in [0.4, 0.5) is 16.4 Å². The van der Waals surface area contributed by atoms with Crippen molar-refractivity contribution in [2.75, 3.05) is 16.6 Å². The molecule has 0 bridgehead atoms. The third-order valence-corrected chi connectivity index (χ3v) is 7.80. The predicted octanol–water partition coefficient (Wildman–Crippen LogP) is 5.76. The van der Waals surface area contributed by atoms with Crippen LogP contribution in [0.3, 0.4) is 0 Å². The Bertz CT molecular complexity index is 1570. The fourth-order valence-electron chi connectivity index (χ4n) is 4.57. The van der Waals surface area contributed by atoms with Crippen LogP contribution < -0.4 is 15.8 Å².